The number of amides is 1. The van der Waals surface area contributed by atoms with Crippen molar-refractivity contribution in [2.75, 3.05) is 7.11 Å². The van der Waals surface area contributed by atoms with Crippen molar-refractivity contribution in [3.05, 3.63) is 45.9 Å². The van der Waals surface area contributed by atoms with Crippen LogP contribution in [0.4, 0.5) is 0 Å². The maximum atomic E-state index is 13.1. The molecule has 2 heterocycles. The Kier molecular flexibility index (Phi) is 5.39. The van der Waals surface area contributed by atoms with Gasteiger partial charge in [0, 0.05) is 6.08 Å². The van der Waals surface area contributed by atoms with Crippen LogP contribution in [0.1, 0.15) is 49.4 Å². The Labute approximate surface area is 173 Å². The van der Waals surface area contributed by atoms with Crippen molar-refractivity contribution in [2.24, 2.45) is 5.73 Å². The molecule has 1 aliphatic rings. The zero-order valence-corrected chi connectivity index (χ0v) is 17.1. The fourth-order valence-corrected chi connectivity index (χ4v) is 4.04. The molecule has 4 rings (SSSR count). The van der Waals surface area contributed by atoms with E-state index in [2.05, 4.69) is 15.1 Å². The molecule has 0 bridgehead atoms. The number of aromatic nitrogens is 4. The van der Waals surface area contributed by atoms with Crippen molar-refractivity contribution in [3.63, 3.8) is 0 Å². The van der Waals surface area contributed by atoms with Gasteiger partial charge >= 0.3 is 0 Å². The molecular weight excluding hydrogens is 382 g/mol. The lowest BCUT2D eigenvalue weighted by molar-refractivity contribution is -0.113. The Morgan fingerprint density at radius 2 is 2.07 bits per heavy atom. The SMILES string of the molecule is COc1cc(/C=C/C(N)=O)ccc1-c1nc2c(C)nn(C3CCCCC3)c(=O)c2[nH]1. The van der Waals surface area contributed by atoms with Gasteiger partial charge in [0.1, 0.15) is 22.6 Å². The average Bonchev–Trinajstić information content (AvgIpc) is 3.21. The van der Waals surface area contributed by atoms with Gasteiger partial charge in [-0.2, -0.15) is 5.10 Å². The summed E-state index contributed by atoms with van der Waals surface area (Å²) in [5.74, 6) is 0.585. The summed E-state index contributed by atoms with van der Waals surface area (Å²) in [6.45, 7) is 1.88. The van der Waals surface area contributed by atoms with Gasteiger partial charge in [0.05, 0.1) is 24.4 Å². The van der Waals surface area contributed by atoms with Gasteiger partial charge in [-0.25, -0.2) is 9.67 Å². The van der Waals surface area contributed by atoms with Crippen LogP contribution < -0.4 is 16.0 Å². The quantitative estimate of drug-likeness (QED) is 0.631. The summed E-state index contributed by atoms with van der Waals surface area (Å²) in [6.07, 6.45) is 8.32. The van der Waals surface area contributed by atoms with Crippen LogP contribution in [-0.4, -0.2) is 32.8 Å². The lowest BCUT2D eigenvalue weighted by atomic mass is 9.95. The molecule has 1 fully saturated rings. The highest BCUT2D eigenvalue weighted by Crippen LogP contribution is 2.31. The summed E-state index contributed by atoms with van der Waals surface area (Å²) >= 11 is 0. The number of carbonyl (C=O) groups excluding carboxylic acids is 1. The molecule has 1 saturated carbocycles. The number of nitrogens with two attached hydrogens (primary N) is 1. The predicted octanol–water partition coefficient (Wildman–Crippen LogP) is 3.11. The maximum absolute atomic E-state index is 13.1. The van der Waals surface area contributed by atoms with Crippen LogP contribution in [0.25, 0.3) is 28.5 Å². The minimum absolute atomic E-state index is 0.138. The van der Waals surface area contributed by atoms with Gasteiger partial charge in [0.15, 0.2) is 0 Å². The number of imidazole rings is 1. The molecule has 156 valence electrons. The largest absolute Gasteiger partial charge is 0.496 e. The molecule has 3 aromatic rings. The number of aryl methyl sites for hydroxylation is 1. The summed E-state index contributed by atoms with van der Waals surface area (Å²) in [6, 6.07) is 5.59. The van der Waals surface area contributed by atoms with Crippen LogP contribution >= 0.6 is 0 Å². The molecule has 0 saturated heterocycles. The number of methoxy groups -OCH3 is 1. The van der Waals surface area contributed by atoms with Crippen LogP contribution in [0.3, 0.4) is 0 Å². The van der Waals surface area contributed by atoms with Crippen LogP contribution in [0.15, 0.2) is 29.1 Å². The van der Waals surface area contributed by atoms with E-state index in [1.807, 2.05) is 19.1 Å². The molecule has 0 unspecified atom stereocenters. The first-order valence-electron chi connectivity index (χ1n) is 10.1. The molecule has 0 atom stereocenters. The summed E-state index contributed by atoms with van der Waals surface area (Å²) in [4.78, 5) is 31.9. The van der Waals surface area contributed by atoms with E-state index in [0.29, 0.717) is 28.2 Å². The van der Waals surface area contributed by atoms with E-state index in [0.717, 1.165) is 36.9 Å². The van der Waals surface area contributed by atoms with E-state index in [4.69, 9.17) is 10.5 Å². The molecule has 1 aromatic carbocycles. The first-order chi connectivity index (χ1) is 14.5. The van der Waals surface area contributed by atoms with Gasteiger partial charge in [0.25, 0.3) is 5.56 Å². The Hall–Kier alpha value is -3.42. The van der Waals surface area contributed by atoms with Crippen molar-refractivity contribution >= 4 is 23.0 Å². The van der Waals surface area contributed by atoms with Crippen LogP contribution in [0, 0.1) is 6.92 Å². The normalized spacial score (nSPS) is 15.1. The Balaban J connectivity index is 1.78. The first kappa shape index (κ1) is 19.9. The zero-order valence-electron chi connectivity index (χ0n) is 17.1. The third-order valence-electron chi connectivity index (χ3n) is 5.57. The number of nitrogens with zero attached hydrogens (tertiary/aromatic N) is 3. The average molecular weight is 407 g/mol. The molecule has 0 aliphatic heterocycles. The molecule has 8 nitrogen and oxygen atoms in total. The Morgan fingerprint density at radius 1 is 1.30 bits per heavy atom. The molecule has 1 aliphatic carbocycles. The van der Waals surface area contributed by atoms with Gasteiger partial charge in [-0.15, -0.1) is 0 Å². The molecule has 30 heavy (non-hydrogen) atoms. The zero-order chi connectivity index (χ0) is 21.3. The van der Waals surface area contributed by atoms with Crippen LogP contribution in [0.5, 0.6) is 5.75 Å². The third kappa shape index (κ3) is 3.72. The number of hydrogen-bond donors (Lipinski definition) is 2. The van der Waals surface area contributed by atoms with E-state index >= 15 is 0 Å². The van der Waals surface area contributed by atoms with Gasteiger partial charge < -0.3 is 15.5 Å². The van der Waals surface area contributed by atoms with Crippen LogP contribution in [-0.2, 0) is 4.79 Å². The van der Waals surface area contributed by atoms with E-state index < -0.39 is 5.91 Å². The first-order valence-corrected chi connectivity index (χ1v) is 10.1. The highest BCUT2D eigenvalue weighted by molar-refractivity contribution is 5.90. The minimum Gasteiger partial charge on any atom is -0.496 e. The third-order valence-corrected chi connectivity index (χ3v) is 5.57. The van der Waals surface area contributed by atoms with E-state index in [1.165, 1.54) is 12.5 Å². The highest BCUT2D eigenvalue weighted by atomic mass is 16.5. The second-order valence-electron chi connectivity index (χ2n) is 7.63. The van der Waals surface area contributed by atoms with Crippen molar-refractivity contribution in [1.29, 1.82) is 0 Å². The topological polar surface area (TPSA) is 116 Å². The lowest BCUT2D eigenvalue weighted by Gasteiger charge is -2.22. The molecule has 8 heteroatoms. The summed E-state index contributed by atoms with van der Waals surface area (Å²) < 4.78 is 7.15. The Bertz CT molecular complexity index is 1190. The summed E-state index contributed by atoms with van der Waals surface area (Å²) in [5, 5.41) is 4.57. The minimum atomic E-state index is -0.521. The molecule has 0 radical (unpaired) electrons. The van der Waals surface area contributed by atoms with Crippen molar-refractivity contribution < 1.29 is 9.53 Å². The number of ether oxygens (including phenoxy) is 1. The van der Waals surface area contributed by atoms with Crippen molar-refractivity contribution in [2.45, 2.75) is 45.1 Å². The molecular formula is C22H25N5O3. The fourth-order valence-electron chi connectivity index (χ4n) is 4.04. The smallest absolute Gasteiger partial charge is 0.293 e. The number of nitrogens with one attached hydrogen (secondary N) is 1. The molecule has 2 aromatic heterocycles. The highest BCUT2D eigenvalue weighted by Gasteiger charge is 2.22. The lowest BCUT2D eigenvalue weighted by Crippen LogP contribution is -2.29. The van der Waals surface area contributed by atoms with Gasteiger partial charge in [-0.05, 0) is 43.5 Å². The summed E-state index contributed by atoms with van der Waals surface area (Å²) in [7, 11) is 1.56. The number of primary amides is 1. The van der Waals surface area contributed by atoms with Crippen LogP contribution in [0.2, 0.25) is 0 Å². The molecule has 3 N–H and O–H groups in total. The number of rotatable bonds is 5. The van der Waals surface area contributed by atoms with Gasteiger partial charge in [-0.1, -0.05) is 25.3 Å². The van der Waals surface area contributed by atoms with E-state index in [1.54, 1.807) is 23.9 Å². The summed E-state index contributed by atoms with van der Waals surface area (Å²) in [5.41, 5.74) is 8.26. The Morgan fingerprint density at radius 3 is 2.77 bits per heavy atom. The number of aromatic amines is 1. The number of carbonyl (C=O) groups is 1. The molecule has 1 amide bonds. The second-order valence-corrected chi connectivity index (χ2v) is 7.63. The number of benzene rings is 1. The van der Waals surface area contributed by atoms with Crippen molar-refractivity contribution in [3.8, 4) is 17.1 Å². The standard InChI is InChI=1S/C22H25N5O3/c1-13-19-20(22(29)27(26-13)15-6-4-3-5-7-15)25-21(24-19)16-10-8-14(9-11-18(23)28)12-17(16)30-2/h8-12,15H,3-7H2,1-2H3,(H2,23,28)(H,24,25)/b11-9+. The number of hydrogen-bond acceptors (Lipinski definition) is 5. The number of fused-ring (bicyclic) bond motifs is 1. The maximum Gasteiger partial charge on any atom is 0.293 e. The van der Waals surface area contributed by atoms with E-state index in [9.17, 15) is 9.59 Å². The predicted molar refractivity (Wildman–Crippen MR) is 115 cm³/mol. The number of H-pyrrole nitrogens is 1. The fraction of sp³-hybridized carbons (Fsp3) is 0.364. The van der Waals surface area contributed by atoms with Gasteiger partial charge in [0.2, 0.25) is 5.91 Å². The monoisotopic (exact) mass is 407 g/mol. The second kappa shape index (κ2) is 8.14. The van der Waals surface area contributed by atoms with Gasteiger partial charge in [-0.3, -0.25) is 9.59 Å². The van der Waals surface area contributed by atoms with Crippen molar-refractivity contribution in [1.82, 2.24) is 19.7 Å². The molecule has 0 spiro atoms. The van der Waals surface area contributed by atoms with E-state index in [-0.39, 0.29) is 11.6 Å².